The number of hydrazine groups is 1. The first-order chi connectivity index (χ1) is 13.6. The van der Waals surface area contributed by atoms with E-state index in [2.05, 4.69) is 46.9 Å². The van der Waals surface area contributed by atoms with Crippen LogP contribution >= 0.6 is 11.6 Å². The van der Waals surface area contributed by atoms with E-state index in [4.69, 9.17) is 11.6 Å². The summed E-state index contributed by atoms with van der Waals surface area (Å²) < 4.78 is 0. The van der Waals surface area contributed by atoms with Gasteiger partial charge in [0, 0.05) is 42.8 Å². The number of hydrogen-bond donors (Lipinski definition) is 2. The van der Waals surface area contributed by atoms with E-state index in [0.29, 0.717) is 0 Å². The molecule has 0 radical (unpaired) electrons. The number of hydrogen-bond acceptors (Lipinski definition) is 4. The Morgan fingerprint density at radius 3 is 2.32 bits per heavy atom. The van der Waals surface area contributed by atoms with Gasteiger partial charge in [0.2, 0.25) is 0 Å². The molecule has 148 valence electrons. The van der Waals surface area contributed by atoms with Gasteiger partial charge in [-0.15, -0.1) is 0 Å². The summed E-state index contributed by atoms with van der Waals surface area (Å²) in [5, 5.41) is 0.761. The van der Waals surface area contributed by atoms with Gasteiger partial charge in [0.15, 0.2) is 0 Å². The first-order valence-electron chi connectivity index (χ1n) is 10.0. The van der Waals surface area contributed by atoms with Crippen molar-refractivity contribution in [2.45, 2.75) is 32.0 Å². The number of aryl methyl sites for hydroxylation is 1. The van der Waals surface area contributed by atoms with Gasteiger partial charge < -0.3 is 4.90 Å². The fourth-order valence-electron chi connectivity index (χ4n) is 4.00. The van der Waals surface area contributed by atoms with Crippen molar-refractivity contribution in [3.8, 4) is 0 Å². The van der Waals surface area contributed by atoms with E-state index >= 15 is 0 Å². The summed E-state index contributed by atoms with van der Waals surface area (Å²) >= 11 is 5.99. The van der Waals surface area contributed by atoms with Crippen LogP contribution in [0.4, 0.5) is 0 Å². The van der Waals surface area contributed by atoms with Crippen LogP contribution in [0.5, 0.6) is 0 Å². The van der Waals surface area contributed by atoms with Gasteiger partial charge in [-0.2, -0.15) is 0 Å². The molecular formula is C22H27ClN4O. The zero-order valence-corrected chi connectivity index (χ0v) is 17.0. The molecule has 2 aromatic carbocycles. The van der Waals surface area contributed by atoms with Crippen LogP contribution in [0, 0.1) is 0 Å². The van der Waals surface area contributed by atoms with Crippen LogP contribution in [-0.4, -0.2) is 48.1 Å². The average Bonchev–Trinajstić information content (AvgIpc) is 3.24. The molecule has 2 unspecified atom stereocenters. The summed E-state index contributed by atoms with van der Waals surface area (Å²) in [4.78, 5) is 17.2. The van der Waals surface area contributed by atoms with E-state index < -0.39 is 0 Å². The highest BCUT2D eigenvalue weighted by Crippen LogP contribution is 2.25. The van der Waals surface area contributed by atoms with Gasteiger partial charge in [0.25, 0.3) is 5.91 Å². The largest absolute Gasteiger partial charge is 0.336 e. The van der Waals surface area contributed by atoms with Crippen molar-refractivity contribution < 1.29 is 4.79 Å². The molecule has 2 saturated heterocycles. The Kier molecular flexibility index (Phi) is 5.97. The molecule has 2 heterocycles. The number of nitrogens with zero attached hydrogens (tertiary/aromatic N) is 2. The predicted octanol–water partition coefficient (Wildman–Crippen LogP) is 3.23. The molecule has 4 rings (SSSR count). The molecule has 28 heavy (non-hydrogen) atoms. The molecule has 0 aromatic heterocycles. The van der Waals surface area contributed by atoms with Gasteiger partial charge in [-0.1, -0.05) is 42.8 Å². The molecule has 0 bridgehead atoms. The van der Waals surface area contributed by atoms with E-state index in [9.17, 15) is 4.79 Å². The van der Waals surface area contributed by atoms with E-state index in [0.717, 1.165) is 49.6 Å². The number of carbonyl (C=O) groups is 1. The lowest BCUT2D eigenvalue weighted by molar-refractivity contribution is 0.0545. The van der Waals surface area contributed by atoms with Crippen LogP contribution in [0.2, 0.25) is 5.02 Å². The normalized spacial score (nSPS) is 23.1. The summed E-state index contributed by atoms with van der Waals surface area (Å²) in [6.45, 7) is 5.41. The summed E-state index contributed by atoms with van der Waals surface area (Å²) in [5.41, 5.74) is 10.1. The second-order valence-electron chi connectivity index (χ2n) is 7.52. The Labute approximate surface area is 171 Å². The molecule has 2 atom stereocenters. The van der Waals surface area contributed by atoms with Crippen molar-refractivity contribution in [3.63, 3.8) is 0 Å². The maximum atomic E-state index is 12.8. The van der Waals surface area contributed by atoms with Crippen molar-refractivity contribution in [2.75, 3.05) is 26.2 Å². The van der Waals surface area contributed by atoms with Crippen LogP contribution in [0.25, 0.3) is 0 Å². The van der Waals surface area contributed by atoms with Crippen LogP contribution in [0.15, 0.2) is 48.5 Å². The van der Waals surface area contributed by atoms with Crippen LogP contribution in [-0.2, 0) is 6.42 Å². The number of rotatable bonds is 4. The van der Waals surface area contributed by atoms with Crippen molar-refractivity contribution in [1.29, 1.82) is 0 Å². The van der Waals surface area contributed by atoms with Crippen LogP contribution in [0.3, 0.4) is 0 Å². The molecule has 2 aliphatic rings. The number of piperazine rings is 1. The van der Waals surface area contributed by atoms with Gasteiger partial charge in [0.1, 0.15) is 0 Å². The standard InChI is InChI=1S/C22H27ClN4O/c1-2-16-3-5-18(6-4-16)22(28)27-13-11-26(12-14-27)21-15-20(24-25-21)17-7-9-19(23)10-8-17/h3-10,20-21,24-25H,2,11-15H2,1H3. The van der Waals surface area contributed by atoms with Crippen molar-refractivity contribution in [3.05, 3.63) is 70.2 Å². The molecule has 2 N–H and O–H groups in total. The van der Waals surface area contributed by atoms with E-state index in [1.54, 1.807) is 0 Å². The third-order valence-corrected chi connectivity index (χ3v) is 6.06. The minimum atomic E-state index is 0.138. The molecule has 5 nitrogen and oxygen atoms in total. The average molecular weight is 399 g/mol. The van der Waals surface area contributed by atoms with Crippen LogP contribution < -0.4 is 10.9 Å². The third-order valence-electron chi connectivity index (χ3n) is 5.81. The van der Waals surface area contributed by atoms with Gasteiger partial charge in [-0.05, 0) is 48.2 Å². The summed E-state index contributed by atoms with van der Waals surface area (Å²) in [7, 11) is 0. The SMILES string of the molecule is CCc1ccc(C(=O)N2CCN(C3CC(c4ccc(Cl)cc4)NN3)CC2)cc1. The van der Waals surface area contributed by atoms with Gasteiger partial charge in [0.05, 0.1) is 6.17 Å². The highest BCUT2D eigenvalue weighted by atomic mass is 35.5. The maximum Gasteiger partial charge on any atom is 0.253 e. The van der Waals surface area contributed by atoms with E-state index in [1.165, 1.54) is 11.1 Å². The number of benzene rings is 2. The molecule has 1 amide bonds. The second kappa shape index (κ2) is 8.62. The molecule has 0 saturated carbocycles. The Morgan fingerprint density at radius 1 is 1.00 bits per heavy atom. The maximum absolute atomic E-state index is 12.8. The summed E-state index contributed by atoms with van der Waals surface area (Å²) in [6, 6.07) is 16.3. The first-order valence-corrected chi connectivity index (χ1v) is 10.4. The number of carbonyl (C=O) groups excluding carboxylic acids is 1. The minimum absolute atomic E-state index is 0.138. The lowest BCUT2D eigenvalue weighted by Gasteiger charge is -2.37. The quantitative estimate of drug-likeness (QED) is 0.830. The summed E-state index contributed by atoms with van der Waals surface area (Å²) in [5.74, 6) is 0.138. The van der Waals surface area contributed by atoms with Crippen molar-refractivity contribution in [2.24, 2.45) is 0 Å². The Bertz CT molecular complexity index is 800. The fourth-order valence-corrected chi connectivity index (χ4v) is 4.12. The monoisotopic (exact) mass is 398 g/mol. The first kappa shape index (κ1) is 19.4. The molecule has 2 aliphatic heterocycles. The van der Waals surface area contributed by atoms with E-state index in [1.807, 2.05) is 29.2 Å². The molecule has 2 fully saturated rings. The van der Waals surface area contributed by atoms with Gasteiger partial charge in [-0.25, -0.2) is 10.9 Å². The smallest absolute Gasteiger partial charge is 0.253 e. The lowest BCUT2D eigenvalue weighted by atomic mass is 10.0. The van der Waals surface area contributed by atoms with Gasteiger partial charge in [-0.3, -0.25) is 9.69 Å². The zero-order valence-electron chi connectivity index (χ0n) is 16.2. The van der Waals surface area contributed by atoms with Crippen LogP contribution in [0.1, 0.15) is 40.9 Å². The summed E-state index contributed by atoms with van der Waals surface area (Å²) in [6.07, 6.45) is 2.27. The predicted molar refractivity (Wildman–Crippen MR) is 112 cm³/mol. The topological polar surface area (TPSA) is 47.6 Å². The Hall–Kier alpha value is -1.92. The minimum Gasteiger partial charge on any atom is -0.336 e. The fraction of sp³-hybridized carbons (Fsp3) is 0.409. The molecule has 2 aromatic rings. The lowest BCUT2D eigenvalue weighted by Crippen LogP contribution is -2.55. The Balaban J connectivity index is 1.30. The number of nitrogens with one attached hydrogen (secondary N) is 2. The Morgan fingerprint density at radius 2 is 1.68 bits per heavy atom. The second-order valence-corrected chi connectivity index (χ2v) is 7.96. The molecule has 0 aliphatic carbocycles. The van der Waals surface area contributed by atoms with Crippen molar-refractivity contribution >= 4 is 17.5 Å². The third kappa shape index (κ3) is 4.23. The number of amides is 1. The molecular weight excluding hydrogens is 372 g/mol. The van der Waals surface area contributed by atoms with Crippen molar-refractivity contribution in [1.82, 2.24) is 20.7 Å². The number of halogens is 1. The molecule has 6 heteroatoms. The molecule has 0 spiro atoms. The van der Waals surface area contributed by atoms with E-state index in [-0.39, 0.29) is 18.1 Å². The zero-order chi connectivity index (χ0) is 19.5. The van der Waals surface area contributed by atoms with Gasteiger partial charge >= 0.3 is 0 Å². The highest BCUT2D eigenvalue weighted by molar-refractivity contribution is 6.30. The highest BCUT2D eigenvalue weighted by Gasteiger charge is 2.32.